The normalized spacial score (nSPS) is 15.2. The number of nitrogens with zero attached hydrogens (tertiary/aromatic N) is 2. The van der Waals surface area contributed by atoms with Crippen molar-refractivity contribution in [1.82, 2.24) is 0 Å². The monoisotopic (exact) mass is 258 g/mol. The molecule has 0 radical (unpaired) electrons. The fourth-order valence-corrected chi connectivity index (χ4v) is 2.38. The largest absolute Gasteiger partial charge is 0.478 e. The van der Waals surface area contributed by atoms with Crippen LogP contribution in [0.4, 0.5) is 5.69 Å². The number of aliphatic hydroxyl groups excluding tert-OH is 1. The number of carboxylic acid groups (broad SMARTS) is 1. The van der Waals surface area contributed by atoms with Crippen molar-refractivity contribution in [3.05, 3.63) is 29.3 Å². The topological polar surface area (TPSA) is 84.6 Å². The summed E-state index contributed by atoms with van der Waals surface area (Å²) in [5.41, 5.74) is 1.47. The molecule has 0 spiro atoms. The van der Waals surface area contributed by atoms with E-state index in [1.165, 1.54) is 6.07 Å². The Morgan fingerprint density at radius 1 is 1.42 bits per heavy atom. The van der Waals surface area contributed by atoms with Crippen molar-refractivity contribution >= 4 is 18.4 Å². The second-order valence-electron chi connectivity index (χ2n) is 4.70. The minimum absolute atomic E-state index is 0.117. The first kappa shape index (κ1) is 13.4. The summed E-state index contributed by atoms with van der Waals surface area (Å²) in [5.74, 6) is 1.25. The van der Waals surface area contributed by atoms with Crippen molar-refractivity contribution in [2.24, 2.45) is 0 Å². The number of benzene rings is 1. The Hall–Kier alpha value is -2.00. The second-order valence-corrected chi connectivity index (χ2v) is 4.70. The lowest BCUT2D eigenvalue weighted by molar-refractivity contribution is 0.0693. The highest BCUT2D eigenvalue weighted by molar-refractivity contribution is 6.67. The van der Waals surface area contributed by atoms with Crippen molar-refractivity contribution in [3.8, 4) is 5.97 Å². The van der Waals surface area contributed by atoms with E-state index in [1.807, 2.05) is 0 Å². The Labute approximate surface area is 112 Å². The Morgan fingerprint density at radius 3 is 2.63 bits per heavy atom. The van der Waals surface area contributed by atoms with Crippen molar-refractivity contribution in [2.45, 2.75) is 19.2 Å². The van der Waals surface area contributed by atoms with E-state index in [2.05, 4.69) is 10.9 Å². The highest BCUT2D eigenvalue weighted by atomic mass is 16.4. The first-order valence-corrected chi connectivity index (χ1v) is 6.27. The van der Waals surface area contributed by atoms with Crippen LogP contribution in [0.15, 0.2) is 18.2 Å². The zero-order valence-corrected chi connectivity index (χ0v) is 10.5. The van der Waals surface area contributed by atoms with Gasteiger partial charge < -0.3 is 15.1 Å². The van der Waals surface area contributed by atoms with E-state index in [9.17, 15) is 9.90 Å². The number of carbonyl (C=O) groups is 1. The van der Waals surface area contributed by atoms with Gasteiger partial charge in [-0.2, -0.15) is 0 Å². The van der Waals surface area contributed by atoms with E-state index in [-0.39, 0.29) is 18.9 Å². The number of hydrogen-bond acceptors (Lipinski definition) is 4. The first-order valence-electron chi connectivity index (χ1n) is 6.27. The third kappa shape index (κ3) is 2.88. The maximum absolute atomic E-state index is 11.0. The molecule has 98 valence electrons. The molecule has 6 heteroatoms. The van der Waals surface area contributed by atoms with Crippen molar-refractivity contribution in [2.75, 3.05) is 18.0 Å². The van der Waals surface area contributed by atoms with Gasteiger partial charge in [0.2, 0.25) is 0 Å². The first-order chi connectivity index (χ1) is 9.15. The van der Waals surface area contributed by atoms with E-state index in [1.54, 1.807) is 12.1 Å². The molecule has 1 aliphatic rings. The van der Waals surface area contributed by atoms with Gasteiger partial charge in [0.1, 0.15) is 0 Å². The zero-order chi connectivity index (χ0) is 13.8. The lowest BCUT2D eigenvalue weighted by atomic mass is 9.45. The van der Waals surface area contributed by atoms with E-state index >= 15 is 0 Å². The van der Waals surface area contributed by atoms with Gasteiger partial charge in [-0.25, -0.2) is 10.1 Å². The van der Waals surface area contributed by atoms with Gasteiger partial charge in [0.05, 0.1) is 12.2 Å². The molecule has 1 aliphatic heterocycles. The summed E-state index contributed by atoms with van der Waals surface area (Å²) in [6.07, 6.45) is 1.65. The van der Waals surface area contributed by atoms with Crippen molar-refractivity contribution in [3.63, 3.8) is 0 Å². The molecule has 1 heterocycles. The van der Waals surface area contributed by atoms with Crippen LogP contribution in [-0.2, 0) is 6.61 Å². The summed E-state index contributed by atoms with van der Waals surface area (Å²) < 4.78 is 0. The molecule has 1 saturated heterocycles. The van der Waals surface area contributed by atoms with Gasteiger partial charge in [-0.05, 0) is 36.4 Å². The molecule has 0 aromatic heterocycles. The maximum atomic E-state index is 11.0. The number of hydrogen-bond donors (Lipinski definition) is 2. The maximum Gasteiger partial charge on any atom is 0.336 e. The van der Waals surface area contributed by atoms with Gasteiger partial charge in [0, 0.05) is 24.7 Å². The summed E-state index contributed by atoms with van der Waals surface area (Å²) in [6.45, 7) is 1.40. The molecule has 0 bridgehead atoms. The van der Waals surface area contributed by atoms with Gasteiger partial charge in [0.25, 0.3) is 6.71 Å². The average molecular weight is 258 g/mol. The zero-order valence-electron chi connectivity index (χ0n) is 10.5. The van der Waals surface area contributed by atoms with Crippen LogP contribution in [0.5, 0.6) is 0 Å². The summed E-state index contributed by atoms with van der Waals surface area (Å²) >= 11 is 0. The Morgan fingerprint density at radius 2 is 2.11 bits per heavy atom. The molecule has 1 fully saturated rings. The van der Waals surface area contributed by atoms with Crippen molar-refractivity contribution < 1.29 is 15.0 Å². The molecular formula is C13H15BN2O3. The van der Waals surface area contributed by atoms with Crippen LogP contribution in [0.25, 0.3) is 0 Å². The minimum atomic E-state index is -1.03. The number of nitriles is 1. The number of rotatable bonds is 3. The van der Waals surface area contributed by atoms with Gasteiger partial charge in [-0.15, -0.1) is 0 Å². The SMILES string of the molecule is N#CB1CCN(c2ccc(C(=O)O)c(CO)c2)CC1. The second kappa shape index (κ2) is 5.76. The van der Waals surface area contributed by atoms with Crippen molar-refractivity contribution in [1.29, 1.82) is 5.26 Å². The van der Waals surface area contributed by atoms with E-state index in [4.69, 9.17) is 10.4 Å². The van der Waals surface area contributed by atoms with Crippen LogP contribution in [0.1, 0.15) is 15.9 Å². The molecule has 2 rings (SSSR count). The smallest absolute Gasteiger partial charge is 0.336 e. The lowest BCUT2D eigenvalue weighted by Crippen LogP contribution is -2.36. The molecule has 1 aromatic rings. The third-order valence-electron chi connectivity index (χ3n) is 3.53. The van der Waals surface area contributed by atoms with Crippen LogP contribution >= 0.6 is 0 Å². The number of aromatic carboxylic acids is 1. The van der Waals surface area contributed by atoms with Crippen LogP contribution in [0.2, 0.25) is 12.6 Å². The van der Waals surface area contributed by atoms with Gasteiger partial charge in [-0.3, -0.25) is 0 Å². The molecule has 1 aromatic carbocycles. The van der Waals surface area contributed by atoms with Crippen LogP contribution < -0.4 is 4.90 Å². The molecule has 0 aliphatic carbocycles. The molecular weight excluding hydrogens is 243 g/mol. The summed E-state index contributed by atoms with van der Waals surface area (Å²) in [5, 5.41) is 27.1. The molecule has 0 atom stereocenters. The minimum Gasteiger partial charge on any atom is -0.478 e. The summed E-state index contributed by atoms with van der Waals surface area (Å²) in [4.78, 5) is 13.1. The molecule has 0 unspecified atom stereocenters. The average Bonchev–Trinajstić information content (AvgIpc) is 2.46. The van der Waals surface area contributed by atoms with Crippen LogP contribution in [-0.4, -0.2) is 36.0 Å². The van der Waals surface area contributed by atoms with E-state index in [0.29, 0.717) is 5.56 Å². The molecule has 0 saturated carbocycles. The molecule has 19 heavy (non-hydrogen) atoms. The van der Waals surface area contributed by atoms with E-state index in [0.717, 1.165) is 31.4 Å². The summed E-state index contributed by atoms with van der Waals surface area (Å²) in [7, 11) is 0. The van der Waals surface area contributed by atoms with Gasteiger partial charge in [-0.1, -0.05) is 0 Å². The predicted octanol–water partition coefficient (Wildman–Crippen LogP) is 1.25. The highest BCUT2D eigenvalue weighted by Crippen LogP contribution is 2.23. The molecule has 0 amide bonds. The lowest BCUT2D eigenvalue weighted by Gasteiger charge is -2.30. The van der Waals surface area contributed by atoms with Crippen LogP contribution in [0.3, 0.4) is 0 Å². The Bertz CT molecular complexity index is 519. The fourth-order valence-electron chi connectivity index (χ4n) is 2.38. The summed E-state index contributed by atoms with van der Waals surface area (Å²) in [6, 6.07) is 5.01. The van der Waals surface area contributed by atoms with E-state index < -0.39 is 5.97 Å². The standard InChI is InChI=1S/C13H15BN2O3/c15-9-14-3-5-16(6-4-14)11-1-2-12(13(18)19)10(7-11)8-17/h1-2,7,17H,3-6,8H2,(H,18,19). The number of anilines is 1. The quantitative estimate of drug-likeness (QED) is 0.797. The number of carboxylic acids is 1. The van der Waals surface area contributed by atoms with Gasteiger partial charge >= 0.3 is 5.97 Å². The predicted molar refractivity (Wildman–Crippen MR) is 72.5 cm³/mol. The molecule has 5 nitrogen and oxygen atoms in total. The highest BCUT2D eigenvalue weighted by Gasteiger charge is 2.23. The number of aliphatic hydroxyl groups is 1. The third-order valence-corrected chi connectivity index (χ3v) is 3.53. The Kier molecular flexibility index (Phi) is 4.08. The fraction of sp³-hybridized carbons (Fsp3) is 0.385. The van der Waals surface area contributed by atoms with Gasteiger partial charge in [0.15, 0.2) is 0 Å². The van der Waals surface area contributed by atoms with Crippen LogP contribution in [0, 0.1) is 11.2 Å². The molecule has 2 N–H and O–H groups in total. The Balaban J connectivity index is 2.18.